The molecule has 0 saturated heterocycles. The molecule has 0 aromatic heterocycles. The SMILES string of the molecule is CN(C)C(=O)CC[S+](N)[O-]. The number of carbonyl (C=O) groups excluding carboxylic acids is 1. The normalized spacial score (nSPS) is 12.8. The van der Waals surface area contributed by atoms with Crippen LogP contribution in [0.4, 0.5) is 0 Å². The van der Waals surface area contributed by atoms with Gasteiger partial charge in [-0.1, -0.05) is 0 Å². The van der Waals surface area contributed by atoms with Crippen molar-refractivity contribution in [2.75, 3.05) is 19.8 Å². The summed E-state index contributed by atoms with van der Waals surface area (Å²) in [6.45, 7) is 0. The average molecular weight is 164 g/mol. The van der Waals surface area contributed by atoms with Crippen LogP contribution in [0, 0.1) is 0 Å². The lowest BCUT2D eigenvalue weighted by molar-refractivity contribution is -0.128. The Kier molecular flexibility index (Phi) is 4.42. The molecule has 0 aliphatic heterocycles. The number of hydrogen-bond acceptors (Lipinski definition) is 3. The zero-order valence-electron chi connectivity index (χ0n) is 6.16. The second kappa shape index (κ2) is 4.54. The average Bonchev–Trinajstić information content (AvgIpc) is 1.82. The molecule has 0 aromatic carbocycles. The van der Waals surface area contributed by atoms with Gasteiger partial charge in [0.15, 0.2) is 0 Å². The molecule has 0 saturated carbocycles. The molecule has 1 unspecified atom stereocenters. The minimum absolute atomic E-state index is 0.0428. The molecule has 0 rings (SSSR count). The lowest BCUT2D eigenvalue weighted by atomic mass is 10.4. The Hall–Kier alpha value is -0.260. The molecule has 60 valence electrons. The fourth-order valence-electron chi connectivity index (χ4n) is 0.412. The van der Waals surface area contributed by atoms with Crippen molar-refractivity contribution in [3.63, 3.8) is 0 Å². The van der Waals surface area contributed by atoms with Crippen molar-refractivity contribution in [3.05, 3.63) is 0 Å². The van der Waals surface area contributed by atoms with Crippen LogP contribution in [-0.2, 0) is 16.2 Å². The Morgan fingerprint density at radius 3 is 2.50 bits per heavy atom. The van der Waals surface area contributed by atoms with Gasteiger partial charge in [0, 0.05) is 25.5 Å². The third-order valence-corrected chi connectivity index (χ3v) is 1.62. The number of hydrogen-bond donors (Lipinski definition) is 1. The fraction of sp³-hybridized carbons (Fsp3) is 0.800. The maximum Gasteiger partial charge on any atom is 0.226 e. The molecule has 0 spiro atoms. The van der Waals surface area contributed by atoms with Crippen LogP contribution in [0.2, 0.25) is 0 Å². The van der Waals surface area contributed by atoms with Crippen molar-refractivity contribution in [1.82, 2.24) is 4.90 Å². The highest BCUT2D eigenvalue weighted by atomic mass is 32.2. The Morgan fingerprint density at radius 1 is 1.70 bits per heavy atom. The van der Waals surface area contributed by atoms with E-state index < -0.39 is 11.4 Å². The molecule has 4 nitrogen and oxygen atoms in total. The van der Waals surface area contributed by atoms with Gasteiger partial charge in [0.2, 0.25) is 5.91 Å². The van der Waals surface area contributed by atoms with Crippen LogP contribution in [0.15, 0.2) is 0 Å². The molecule has 0 heterocycles. The maximum atomic E-state index is 10.8. The minimum Gasteiger partial charge on any atom is -0.598 e. The van der Waals surface area contributed by atoms with E-state index in [1.807, 2.05) is 0 Å². The topological polar surface area (TPSA) is 69.4 Å². The van der Waals surface area contributed by atoms with E-state index in [0.717, 1.165) is 0 Å². The van der Waals surface area contributed by atoms with E-state index in [-0.39, 0.29) is 18.1 Å². The van der Waals surface area contributed by atoms with E-state index in [0.29, 0.717) is 0 Å². The molecule has 0 aliphatic rings. The van der Waals surface area contributed by atoms with Gasteiger partial charge in [-0.3, -0.25) is 4.79 Å². The predicted molar refractivity (Wildman–Crippen MR) is 40.5 cm³/mol. The van der Waals surface area contributed by atoms with Crippen molar-refractivity contribution in [3.8, 4) is 0 Å². The highest BCUT2D eigenvalue weighted by Gasteiger charge is 2.07. The second-order valence-corrected chi connectivity index (χ2v) is 3.29. The Balaban J connectivity index is 3.40. The summed E-state index contributed by atoms with van der Waals surface area (Å²) in [5.41, 5.74) is 0. The predicted octanol–water partition coefficient (Wildman–Crippen LogP) is -0.913. The number of nitrogens with two attached hydrogens (primary N) is 1. The summed E-state index contributed by atoms with van der Waals surface area (Å²) >= 11 is -1.35. The number of amides is 1. The Morgan fingerprint density at radius 2 is 2.20 bits per heavy atom. The molecule has 0 fully saturated rings. The van der Waals surface area contributed by atoms with Gasteiger partial charge in [0.05, 0.1) is 6.42 Å². The molecule has 5 heteroatoms. The van der Waals surface area contributed by atoms with E-state index in [4.69, 9.17) is 5.14 Å². The van der Waals surface area contributed by atoms with Crippen LogP contribution in [0.5, 0.6) is 0 Å². The third-order valence-electron chi connectivity index (χ3n) is 1.02. The zero-order chi connectivity index (χ0) is 8.15. The first-order chi connectivity index (χ1) is 4.54. The van der Waals surface area contributed by atoms with Gasteiger partial charge >= 0.3 is 0 Å². The first-order valence-corrected chi connectivity index (χ1v) is 4.25. The highest BCUT2D eigenvalue weighted by molar-refractivity contribution is 7.89. The summed E-state index contributed by atoms with van der Waals surface area (Å²) in [5.74, 6) is 0.204. The summed E-state index contributed by atoms with van der Waals surface area (Å²) < 4.78 is 10.3. The van der Waals surface area contributed by atoms with Crippen LogP contribution in [0.1, 0.15) is 6.42 Å². The van der Waals surface area contributed by atoms with Crippen LogP contribution in [0.3, 0.4) is 0 Å². The Labute approximate surface area is 63.7 Å². The molecular formula is C5H12N2O2S. The van der Waals surface area contributed by atoms with Crippen molar-refractivity contribution in [1.29, 1.82) is 0 Å². The maximum absolute atomic E-state index is 10.8. The summed E-state index contributed by atoms with van der Waals surface area (Å²) in [7, 11) is 3.31. The summed E-state index contributed by atoms with van der Waals surface area (Å²) in [6, 6.07) is 0. The lowest BCUT2D eigenvalue weighted by Gasteiger charge is -2.09. The van der Waals surface area contributed by atoms with Crippen molar-refractivity contribution in [2.24, 2.45) is 5.14 Å². The van der Waals surface area contributed by atoms with E-state index in [1.165, 1.54) is 4.90 Å². The molecular weight excluding hydrogens is 152 g/mol. The van der Waals surface area contributed by atoms with Crippen LogP contribution >= 0.6 is 0 Å². The van der Waals surface area contributed by atoms with E-state index in [9.17, 15) is 9.35 Å². The van der Waals surface area contributed by atoms with Gasteiger partial charge in [-0.2, -0.15) is 5.14 Å². The first-order valence-electron chi connectivity index (χ1n) is 2.87. The monoisotopic (exact) mass is 164 g/mol. The van der Waals surface area contributed by atoms with Crippen LogP contribution < -0.4 is 5.14 Å². The van der Waals surface area contributed by atoms with Gasteiger partial charge in [0.1, 0.15) is 5.75 Å². The number of carbonyl (C=O) groups is 1. The molecule has 1 atom stereocenters. The van der Waals surface area contributed by atoms with Gasteiger partial charge in [-0.15, -0.1) is 0 Å². The summed E-state index contributed by atoms with van der Waals surface area (Å²) in [5, 5.41) is 4.94. The van der Waals surface area contributed by atoms with Gasteiger partial charge in [0.25, 0.3) is 0 Å². The highest BCUT2D eigenvalue weighted by Crippen LogP contribution is 1.89. The quantitative estimate of drug-likeness (QED) is 0.549. The summed E-state index contributed by atoms with van der Waals surface area (Å²) in [6.07, 6.45) is 0.260. The fourth-order valence-corrected chi connectivity index (χ4v) is 0.787. The molecule has 1 amide bonds. The van der Waals surface area contributed by atoms with Crippen molar-refractivity contribution < 1.29 is 9.35 Å². The minimum atomic E-state index is -1.35. The van der Waals surface area contributed by atoms with E-state index >= 15 is 0 Å². The number of nitrogens with zero attached hydrogens (tertiary/aromatic N) is 1. The zero-order valence-corrected chi connectivity index (χ0v) is 6.98. The third kappa shape index (κ3) is 4.60. The molecule has 10 heavy (non-hydrogen) atoms. The lowest BCUT2D eigenvalue weighted by Crippen LogP contribution is -2.26. The van der Waals surface area contributed by atoms with Crippen molar-refractivity contribution >= 4 is 17.3 Å². The molecule has 0 aromatic rings. The van der Waals surface area contributed by atoms with E-state index in [1.54, 1.807) is 14.1 Å². The standard InChI is InChI=1S/C5H12N2O2S/c1-7(2)5(8)3-4-10(6)9/h3-4,6H2,1-2H3. The van der Waals surface area contributed by atoms with Crippen LogP contribution in [-0.4, -0.2) is 35.2 Å². The molecule has 0 radical (unpaired) electrons. The smallest absolute Gasteiger partial charge is 0.226 e. The largest absolute Gasteiger partial charge is 0.598 e. The second-order valence-electron chi connectivity index (χ2n) is 2.12. The molecule has 2 N–H and O–H groups in total. The van der Waals surface area contributed by atoms with Crippen LogP contribution in [0.25, 0.3) is 0 Å². The first kappa shape index (κ1) is 9.74. The van der Waals surface area contributed by atoms with Gasteiger partial charge in [-0.05, 0) is 0 Å². The molecule has 0 aliphatic carbocycles. The van der Waals surface area contributed by atoms with Crippen molar-refractivity contribution in [2.45, 2.75) is 6.42 Å². The van der Waals surface area contributed by atoms with E-state index in [2.05, 4.69) is 0 Å². The molecule has 0 bridgehead atoms. The summed E-state index contributed by atoms with van der Waals surface area (Å²) in [4.78, 5) is 12.2. The Bertz CT molecular complexity index is 116. The number of rotatable bonds is 3. The van der Waals surface area contributed by atoms with Gasteiger partial charge in [-0.25, -0.2) is 0 Å². The van der Waals surface area contributed by atoms with Gasteiger partial charge < -0.3 is 9.45 Å².